The third-order valence-corrected chi connectivity index (χ3v) is 2.48. The first kappa shape index (κ1) is 10.8. The predicted octanol–water partition coefficient (Wildman–Crippen LogP) is 2.84. The molecular weight excluding hydrogens is 209 g/mol. The van der Waals surface area contributed by atoms with Gasteiger partial charge in [-0.05, 0) is 25.5 Å². The molecule has 84 valence electrons. The highest BCUT2D eigenvalue weighted by molar-refractivity contribution is 5.63. The molecule has 0 aliphatic carbocycles. The SMILES string of the molecule is Cc1c(F)cccc1-c1cc(C(C)O)on1. The number of halogens is 1. The quantitative estimate of drug-likeness (QED) is 0.848. The molecule has 0 radical (unpaired) electrons. The fraction of sp³-hybridized carbons (Fsp3) is 0.250. The second-order valence-electron chi connectivity index (χ2n) is 3.70. The highest BCUT2D eigenvalue weighted by Gasteiger charge is 2.13. The first-order chi connectivity index (χ1) is 7.59. The van der Waals surface area contributed by atoms with Crippen LogP contribution in [0, 0.1) is 12.7 Å². The summed E-state index contributed by atoms with van der Waals surface area (Å²) in [5.41, 5.74) is 1.73. The van der Waals surface area contributed by atoms with Gasteiger partial charge in [0.15, 0.2) is 5.76 Å². The van der Waals surface area contributed by atoms with Crippen LogP contribution in [-0.2, 0) is 0 Å². The summed E-state index contributed by atoms with van der Waals surface area (Å²) in [4.78, 5) is 0. The Morgan fingerprint density at radius 1 is 1.44 bits per heavy atom. The number of rotatable bonds is 2. The maximum Gasteiger partial charge on any atom is 0.165 e. The fourth-order valence-corrected chi connectivity index (χ4v) is 1.50. The van der Waals surface area contributed by atoms with Crippen LogP contribution in [-0.4, -0.2) is 10.3 Å². The summed E-state index contributed by atoms with van der Waals surface area (Å²) in [5, 5.41) is 13.1. The molecule has 0 spiro atoms. The van der Waals surface area contributed by atoms with Crippen molar-refractivity contribution in [3.05, 3.63) is 41.4 Å². The minimum absolute atomic E-state index is 0.279. The van der Waals surface area contributed by atoms with Gasteiger partial charge in [0.25, 0.3) is 0 Å². The molecule has 1 atom stereocenters. The van der Waals surface area contributed by atoms with E-state index in [0.717, 1.165) is 0 Å². The molecule has 0 saturated carbocycles. The number of aliphatic hydroxyl groups excluding tert-OH is 1. The third kappa shape index (κ3) is 1.84. The van der Waals surface area contributed by atoms with Crippen molar-refractivity contribution in [3.63, 3.8) is 0 Å². The Kier molecular flexibility index (Phi) is 2.75. The van der Waals surface area contributed by atoms with Gasteiger partial charge in [-0.2, -0.15) is 0 Å². The summed E-state index contributed by atoms with van der Waals surface area (Å²) in [7, 11) is 0. The number of nitrogens with zero attached hydrogens (tertiary/aromatic N) is 1. The molecule has 1 N–H and O–H groups in total. The Bertz CT molecular complexity index is 505. The van der Waals surface area contributed by atoms with Crippen LogP contribution in [0.4, 0.5) is 4.39 Å². The van der Waals surface area contributed by atoms with E-state index in [1.165, 1.54) is 6.07 Å². The zero-order valence-electron chi connectivity index (χ0n) is 9.07. The summed E-state index contributed by atoms with van der Waals surface area (Å²) in [5.74, 6) is 0.0951. The molecule has 2 aromatic rings. The smallest absolute Gasteiger partial charge is 0.165 e. The van der Waals surface area contributed by atoms with Crippen molar-refractivity contribution in [2.45, 2.75) is 20.0 Å². The van der Waals surface area contributed by atoms with Gasteiger partial charge in [0.2, 0.25) is 0 Å². The van der Waals surface area contributed by atoms with Crippen molar-refractivity contribution in [2.24, 2.45) is 0 Å². The van der Waals surface area contributed by atoms with Crippen LogP contribution in [0.5, 0.6) is 0 Å². The lowest BCUT2D eigenvalue weighted by atomic mass is 10.0. The van der Waals surface area contributed by atoms with Gasteiger partial charge in [-0.1, -0.05) is 17.3 Å². The lowest BCUT2D eigenvalue weighted by molar-refractivity contribution is 0.158. The molecule has 4 heteroatoms. The molecule has 0 saturated heterocycles. The average Bonchev–Trinajstić information content (AvgIpc) is 2.71. The van der Waals surface area contributed by atoms with Crippen LogP contribution in [0.1, 0.15) is 24.4 Å². The van der Waals surface area contributed by atoms with Crippen LogP contribution in [0.2, 0.25) is 0 Å². The van der Waals surface area contributed by atoms with Crippen molar-refractivity contribution in [3.8, 4) is 11.3 Å². The predicted molar refractivity (Wildman–Crippen MR) is 57.3 cm³/mol. The molecule has 16 heavy (non-hydrogen) atoms. The third-order valence-electron chi connectivity index (χ3n) is 2.48. The molecule has 0 aliphatic heterocycles. The molecule has 0 aliphatic rings. The summed E-state index contributed by atoms with van der Waals surface area (Å²) in [6, 6.07) is 6.40. The monoisotopic (exact) mass is 221 g/mol. The number of aromatic nitrogens is 1. The number of benzene rings is 1. The van der Waals surface area contributed by atoms with E-state index in [4.69, 9.17) is 4.52 Å². The maximum absolute atomic E-state index is 13.3. The largest absolute Gasteiger partial charge is 0.385 e. The van der Waals surface area contributed by atoms with E-state index >= 15 is 0 Å². The highest BCUT2D eigenvalue weighted by Crippen LogP contribution is 2.26. The van der Waals surface area contributed by atoms with Crippen LogP contribution >= 0.6 is 0 Å². The maximum atomic E-state index is 13.3. The molecule has 0 amide bonds. The summed E-state index contributed by atoms with van der Waals surface area (Å²) < 4.78 is 18.3. The standard InChI is InChI=1S/C12H12FNO2/c1-7-9(4-3-5-10(7)13)11-6-12(8(2)15)16-14-11/h3-6,8,15H,1-2H3. The van der Waals surface area contributed by atoms with E-state index in [9.17, 15) is 9.50 Å². The van der Waals surface area contributed by atoms with Gasteiger partial charge in [0, 0.05) is 11.6 Å². The van der Waals surface area contributed by atoms with Gasteiger partial charge in [-0.3, -0.25) is 0 Å². The minimum atomic E-state index is -0.713. The Balaban J connectivity index is 2.47. The second kappa shape index (κ2) is 4.06. The minimum Gasteiger partial charge on any atom is -0.385 e. The van der Waals surface area contributed by atoms with Gasteiger partial charge in [-0.15, -0.1) is 0 Å². The number of aliphatic hydroxyl groups is 1. The Morgan fingerprint density at radius 3 is 2.81 bits per heavy atom. The Hall–Kier alpha value is -1.68. The number of hydrogen-bond acceptors (Lipinski definition) is 3. The van der Waals surface area contributed by atoms with E-state index < -0.39 is 6.10 Å². The van der Waals surface area contributed by atoms with E-state index in [2.05, 4.69) is 5.16 Å². The summed E-state index contributed by atoms with van der Waals surface area (Å²) in [6.45, 7) is 3.27. The first-order valence-electron chi connectivity index (χ1n) is 4.99. The van der Waals surface area contributed by atoms with Crippen molar-refractivity contribution < 1.29 is 14.0 Å². The van der Waals surface area contributed by atoms with Crippen LogP contribution in [0.15, 0.2) is 28.8 Å². The normalized spacial score (nSPS) is 12.8. The van der Waals surface area contributed by atoms with Gasteiger partial charge >= 0.3 is 0 Å². The van der Waals surface area contributed by atoms with Gasteiger partial charge in [0.1, 0.15) is 17.6 Å². The molecule has 1 heterocycles. The fourth-order valence-electron chi connectivity index (χ4n) is 1.50. The number of hydrogen-bond donors (Lipinski definition) is 1. The molecular formula is C12H12FNO2. The van der Waals surface area contributed by atoms with E-state index in [1.807, 2.05) is 0 Å². The average molecular weight is 221 g/mol. The zero-order chi connectivity index (χ0) is 11.7. The second-order valence-corrected chi connectivity index (χ2v) is 3.70. The van der Waals surface area contributed by atoms with Crippen LogP contribution in [0.3, 0.4) is 0 Å². The highest BCUT2D eigenvalue weighted by atomic mass is 19.1. The topological polar surface area (TPSA) is 46.3 Å². The molecule has 1 aromatic heterocycles. The van der Waals surface area contributed by atoms with Crippen molar-refractivity contribution in [2.75, 3.05) is 0 Å². The summed E-state index contributed by atoms with van der Waals surface area (Å²) in [6.07, 6.45) is -0.713. The zero-order valence-corrected chi connectivity index (χ0v) is 9.07. The van der Waals surface area contributed by atoms with Gasteiger partial charge in [-0.25, -0.2) is 4.39 Å². The molecule has 1 aromatic carbocycles. The molecule has 0 fully saturated rings. The van der Waals surface area contributed by atoms with E-state index in [1.54, 1.807) is 32.0 Å². The van der Waals surface area contributed by atoms with Gasteiger partial charge < -0.3 is 9.63 Å². The molecule has 3 nitrogen and oxygen atoms in total. The Morgan fingerprint density at radius 2 is 2.19 bits per heavy atom. The van der Waals surface area contributed by atoms with Crippen LogP contribution < -0.4 is 0 Å². The van der Waals surface area contributed by atoms with Crippen molar-refractivity contribution in [1.29, 1.82) is 0 Å². The van der Waals surface area contributed by atoms with E-state index in [0.29, 0.717) is 22.6 Å². The molecule has 2 rings (SSSR count). The first-order valence-corrected chi connectivity index (χ1v) is 4.99. The Labute approximate surface area is 92.5 Å². The van der Waals surface area contributed by atoms with Crippen molar-refractivity contribution >= 4 is 0 Å². The lowest BCUT2D eigenvalue weighted by Crippen LogP contribution is -1.88. The summed E-state index contributed by atoms with van der Waals surface area (Å²) >= 11 is 0. The molecule has 0 bridgehead atoms. The van der Waals surface area contributed by atoms with E-state index in [-0.39, 0.29) is 5.82 Å². The van der Waals surface area contributed by atoms with Gasteiger partial charge in [0.05, 0.1) is 0 Å². The lowest BCUT2D eigenvalue weighted by Gasteiger charge is -2.01. The van der Waals surface area contributed by atoms with Crippen LogP contribution in [0.25, 0.3) is 11.3 Å². The molecule has 1 unspecified atom stereocenters. The van der Waals surface area contributed by atoms with Crippen molar-refractivity contribution in [1.82, 2.24) is 5.16 Å².